The topological polar surface area (TPSA) is 32.7 Å². The van der Waals surface area contributed by atoms with E-state index in [4.69, 9.17) is 9.68 Å². The number of nitrogens with zero attached hydrogens (tertiary/aromatic N) is 1. The van der Waals surface area contributed by atoms with Gasteiger partial charge in [-0.1, -0.05) is 97.1 Å². The third-order valence-corrected chi connectivity index (χ3v) is 6.74. The minimum absolute atomic E-state index is 0.574. The smallest absolute Gasteiger partial charge is 0.537 e. The van der Waals surface area contributed by atoms with Crippen molar-refractivity contribution in [3.8, 4) is 28.0 Å². The van der Waals surface area contributed by atoms with Gasteiger partial charge >= 0.3 is 7.69 Å². The largest absolute Gasteiger partial charge is 0.569 e. The molecule has 4 heteroatoms. The summed E-state index contributed by atoms with van der Waals surface area (Å²) < 4.78 is 5.10. The molecule has 0 aliphatic rings. The van der Waals surface area contributed by atoms with Crippen LogP contribution in [0.25, 0.3) is 33.0 Å². The molecule has 6 rings (SSSR count). The van der Waals surface area contributed by atoms with Crippen LogP contribution in [0, 0.1) is 0 Å². The summed E-state index contributed by atoms with van der Waals surface area (Å²) in [5, 5.41) is 11.4. The first-order valence-corrected chi connectivity index (χ1v) is 12.6. The maximum atomic E-state index is 8.96. The van der Waals surface area contributed by atoms with E-state index in [1.165, 1.54) is 33.0 Å². The Kier molecular flexibility index (Phi) is 6.63. The van der Waals surface area contributed by atoms with Crippen LogP contribution in [0.2, 0.25) is 0 Å². The second-order valence-electron chi connectivity index (χ2n) is 9.01. The Morgan fingerprint density at radius 1 is 0.447 bits per heavy atom. The zero-order chi connectivity index (χ0) is 25.7. The first kappa shape index (κ1) is 23.6. The van der Waals surface area contributed by atoms with E-state index in [1.807, 2.05) is 42.5 Å². The molecule has 1 N–H and O–H groups in total. The number of rotatable bonds is 7. The van der Waals surface area contributed by atoms with E-state index in [1.54, 1.807) is 0 Å². The number of fused-ring (bicyclic) bond motifs is 1. The Morgan fingerprint density at radius 2 is 0.895 bits per heavy atom. The second kappa shape index (κ2) is 10.7. The Labute approximate surface area is 223 Å². The van der Waals surface area contributed by atoms with Crippen molar-refractivity contribution < 1.29 is 9.68 Å². The molecule has 0 aromatic heterocycles. The molecule has 1 radical (unpaired) electrons. The molecule has 0 bridgehead atoms. The molecule has 6 aromatic carbocycles. The molecular formula is C34H25BNO2. The van der Waals surface area contributed by atoms with Gasteiger partial charge in [-0.25, -0.2) is 0 Å². The van der Waals surface area contributed by atoms with Crippen LogP contribution in [0.5, 0.6) is 5.75 Å². The quantitative estimate of drug-likeness (QED) is 0.228. The summed E-state index contributed by atoms with van der Waals surface area (Å²) in [4.78, 5) is 2.20. The fourth-order valence-corrected chi connectivity index (χ4v) is 4.97. The Balaban J connectivity index is 1.40. The first-order valence-electron chi connectivity index (χ1n) is 12.6. The summed E-state index contributed by atoms with van der Waals surface area (Å²) in [6.45, 7) is 0. The van der Waals surface area contributed by atoms with Gasteiger partial charge in [0, 0.05) is 17.1 Å². The van der Waals surface area contributed by atoms with Gasteiger partial charge in [-0.05, 0) is 81.6 Å². The highest BCUT2D eigenvalue weighted by atomic mass is 16.5. The molecule has 0 amide bonds. The molecule has 0 saturated carbocycles. The van der Waals surface area contributed by atoms with Gasteiger partial charge in [0.05, 0.1) is 0 Å². The predicted octanol–water partition coefficient (Wildman–Crippen LogP) is 8.55. The van der Waals surface area contributed by atoms with E-state index in [2.05, 4.69) is 108 Å². The number of anilines is 3. The fraction of sp³-hybridized carbons (Fsp3) is 0. The molecule has 0 atom stereocenters. The third-order valence-electron chi connectivity index (χ3n) is 6.74. The standard InChI is InChI=1S/C34H25BNO2/c37-35-38-30-21-19-29(20-22-30)36(27-11-5-2-6-12-27)28-17-15-26(16-18-28)32-24-23-31(25-9-3-1-4-10-25)33-13-7-8-14-34(32)33/h1-24,37H. The third kappa shape index (κ3) is 4.65. The van der Waals surface area contributed by atoms with Crippen molar-refractivity contribution in [3.63, 3.8) is 0 Å². The van der Waals surface area contributed by atoms with E-state index in [9.17, 15) is 0 Å². The molecule has 0 spiro atoms. The molecule has 3 nitrogen and oxygen atoms in total. The van der Waals surface area contributed by atoms with E-state index in [0.717, 1.165) is 17.1 Å². The Hall–Kier alpha value is -4.80. The van der Waals surface area contributed by atoms with Crippen molar-refractivity contribution >= 4 is 35.5 Å². The minimum atomic E-state index is 0.574. The maximum Gasteiger partial charge on any atom is 0.569 e. The fourth-order valence-electron chi connectivity index (χ4n) is 4.97. The van der Waals surface area contributed by atoms with E-state index < -0.39 is 0 Å². The summed E-state index contributed by atoms with van der Waals surface area (Å²) >= 11 is 0. The summed E-state index contributed by atoms with van der Waals surface area (Å²) in [6, 6.07) is 50.2. The van der Waals surface area contributed by atoms with Crippen LogP contribution < -0.4 is 9.55 Å². The SMILES string of the molecule is O[B]Oc1ccc(N(c2ccccc2)c2ccc(-c3ccc(-c4ccccc4)c4ccccc34)cc2)cc1. The second-order valence-corrected chi connectivity index (χ2v) is 9.01. The van der Waals surface area contributed by atoms with Crippen LogP contribution in [0.15, 0.2) is 146 Å². The van der Waals surface area contributed by atoms with Crippen molar-refractivity contribution in [1.82, 2.24) is 0 Å². The molecule has 38 heavy (non-hydrogen) atoms. The van der Waals surface area contributed by atoms with Gasteiger partial charge in [-0.3, -0.25) is 0 Å². The van der Waals surface area contributed by atoms with Gasteiger partial charge in [0.25, 0.3) is 0 Å². The lowest BCUT2D eigenvalue weighted by Crippen LogP contribution is -2.10. The lowest BCUT2D eigenvalue weighted by Gasteiger charge is -2.26. The molecule has 181 valence electrons. The van der Waals surface area contributed by atoms with Crippen molar-refractivity contribution in [3.05, 3.63) is 146 Å². The van der Waals surface area contributed by atoms with Crippen molar-refractivity contribution in [1.29, 1.82) is 0 Å². The number of hydrogen-bond donors (Lipinski definition) is 1. The van der Waals surface area contributed by atoms with Crippen LogP contribution in [-0.2, 0) is 0 Å². The van der Waals surface area contributed by atoms with Gasteiger partial charge in [0.15, 0.2) is 0 Å². The monoisotopic (exact) mass is 490 g/mol. The van der Waals surface area contributed by atoms with Crippen LogP contribution in [0.3, 0.4) is 0 Å². The van der Waals surface area contributed by atoms with Gasteiger partial charge in [0.1, 0.15) is 5.75 Å². The van der Waals surface area contributed by atoms with E-state index in [0.29, 0.717) is 13.4 Å². The van der Waals surface area contributed by atoms with Crippen LogP contribution in [0.4, 0.5) is 17.1 Å². The summed E-state index contributed by atoms with van der Waals surface area (Å²) in [6.07, 6.45) is 0. The van der Waals surface area contributed by atoms with Crippen molar-refractivity contribution in [2.24, 2.45) is 0 Å². The molecule has 0 aliphatic heterocycles. The number of hydrogen-bond acceptors (Lipinski definition) is 3. The highest BCUT2D eigenvalue weighted by Crippen LogP contribution is 2.39. The summed E-state index contributed by atoms with van der Waals surface area (Å²) in [5.74, 6) is 0.574. The average molecular weight is 490 g/mol. The van der Waals surface area contributed by atoms with Gasteiger partial charge in [0.2, 0.25) is 0 Å². The minimum Gasteiger partial charge on any atom is -0.537 e. The van der Waals surface area contributed by atoms with Gasteiger partial charge in [-0.2, -0.15) is 0 Å². The highest BCUT2D eigenvalue weighted by molar-refractivity contribution is 6.17. The van der Waals surface area contributed by atoms with Crippen molar-refractivity contribution in [2.45, 2.75) is 0 Å². The normalized spacial score (nSPS) is 10.8. The van der Waals surface area contributed by atoms with Crippen LogP contribution in [0.1, 0.15) is 0 Å². The predicted molar refractivity (Wildman–Crippen MR) is 158 cm³/mol. The van der Waals surface area contributed by atoms with Gasteiger partial charge in [-0.15, -0.1) is 0 Å². The molecule has 0 saturated heterocycles. The molecular weight excluding hydrogens is 465 g/mol. The highest BCUT2D eigenvalue weighted by Gasteiger charge is 2.14. The number of benzene rings is 6. The Morgan fingerprint density at radius 3 is 1.45 bits per heavy atom. The molecule has 0 aliphatic carbocycles. The summed E-state index contributed by atoms with van der Waals surface area (Å²) in [7, 11) is 0.693. The molecule has 0 heterocycles. The zero-order valence-corrected chi connectivity index (χ0v) is 20.7. The molecule has 0 unspecified atom stereocenters. The lowest BCUT2D eigenvalue weighted by molar-refractivity contribution is 0.454. The molecule has 0 fully saturated rings. The molecule has 6 aromatic rings. The zero-order valence-electron chi connectivity index (χ0n) is 20.7. The lowest BCUT2D eigenvalue weighted by atomic mass is 9.92. The first-order chi connectivity index (χ1) is 18.8. The van der Waals surface area contributed by atoms with E-state index in [-0.39, 0.29) is 0 Å². The summed E-state index contributed by atoms with van der Waals surface area (Å²) in [5.41, 5.74) is 7.93. The van der Waals surface area contributed by atoms with Crippen LogP contribution in [-0.4, -0.2) is 12.7 Å². The van der Waals surface area contributed by atoms with Crippen molar-refractivity contribution in [2.75, 3.05) is 4.90 Å². The Bertz CT molecular complexity index is 1650. The number of para-hydroxylation sites is 1. The maximum absolute atomic E-state index is 8.96. The van der Waals surface area contributed by atoms with Gasteiger partial charge < -0.3 is 14.6 Å². The average Bonchev–Trinajstić information content (AvgIpc) is 2.99. The van der Waals surface area contributed by atoms with E-state index >= 15 is 0 Å². The van der Waals surface area contributed by atoms with Crippen LogP contribution >= 0.6 is 0 Å².